The Morgan fingerprint density at radius 1 is 0.806 bits per heavy atom. The lowest BCUT2D eigenvalue weighted by Gasteiger charge is -2.25. The van der Waals surface area contributed by atoms with E-state index in [1.807, 2.05) is 23.3 Å². The molecule has 5 aromatic carbocycles. The van der Waals surface area contributed by atoms with E-state index in [9.17, 15) is 10.2 Å². The Labute approximate surface area is 180 Å². The van der Waals surface area contributed by atoms with Crippen LogP contribution in [-0.4, -0.2) is 28.0 Å². The molecular formula is C27H23NO3. The maximum absolute atomic E-state index is 10.3. The molecule has 0 bridgehead atoms. The third-order valence-corrected chi connectivity index (χ3v) is 6.56. The Kier molecular flexibility index (Phi) is 4.32. The van der Waals surface area contributed by atoms with Crippen molar-refractivity contribution in [2.75, 3.05) is 6.61 Å². The quantitative estimate of drug-likeness (QED) is 0.383. The predicted molar refractivity (Wildman–Crippen MR) is 123 cm³/mol. The summed E-state index contributed by atoms with van der Waals surface area (Å²) in [6.07, 6.45) is 0.447. The smallest absolute Gasteiger partial charge is 0.120 e. The molecule has 5 aromatic rings. The van der Waals surface area contributed by atoms with E-state index in [1.165, 1.54) is 37.9 Å². The van der Waals surface area contributed by atoms with Gasteiger partial charge in [0.1, 0.15) is 11.9 Å². The molecular weight excluding hydrogens is 386 g/mol. The number of phenolic OH excluding ortho intramolecular Hbond substituents is 1. The first-order valence-corrected chi connectivity index (χ1v) is 10.7. The number of phenols is 1. The number of aromatic hydroxyl groups is 1. The molecule has 6 rings (SSSR count). The first-order chi connectivity index (χ1) is 15.2. The number of aliphatic hydroxyl groups is 1. The van der Waals surface area contributed by atoms with E-state index in [2.05, 4.69) is 54.6 Å². The highest BCUT2D eigenvalue weighted by Crippen LogP contribution is 2.43. The van der Waals surface area contributed by atoms with Gasteiger partial charge in [-0.05, 0) is 50.4 Å². The highest BCUT2D eigenvalue weighted by molar-refractivity contribution is 6.23. The minimum absolute atomic E-state index is 0.0127. The van der Waals surface area contributed by atoms with Crippen LogP contribution in [0.1, 0.15) is 23.6 Å². The van der Waals surface area contributed by atoms with Gasteiger partial charge < -0.3 is 10.2 Å². The lowest BCUT2D eigenvalue weighted by atomic mass is 9.89. The van der Waals surface area contributed by atoms with Gasteiger partial charge >= 0.3 is 0 Å². The largest absolute Gasteiger partial charge is 0.508 e. The summed E-state index contributed by atoms with van der Waals surface area (Å²) < 4.78 is 0. The highest BCUT2D eigenvalue weighted by Gasteiger charge is 2.35. The van der Waals surface area contributed by atoms with Crippen LogP contribution >= 0.6 is 0 Å². The second kappa shape index (κ2) is 7.20. The normalized spacial score (nSPS) is 19.8. The molecule has 4 nitrogen and oxygen atoms in total. The van der Waals surface area contributed by atoms with E-state index >= 15 is 0 Å². The lowest BCUT2D eigenvalue weighted by Crippen LogP contribution is -2.23. The zero-order chi connectivity index (χ0) is 20.9. The van der Waals surface area contributed by atoms with Crippen molar-refractivity contribution in [3.8, 4) is 5.75 Å². The summed E-state index contributed by atoms with van der Waals surface area (Å²) in [6, 6.07) is 26.9. The lowest BCUT2D eigenvalue weighted by molar-refractivity contribution is -0.178. The molecule has 4 heteroatoms. The van der Waals surface area contributed by atoms with Crippen molar-refractivity contribution in [1.82, 2.24) is 5.06 Å². The van der Waals surface area contributed by atoms with E-state index in [4.69, 9.17) is 4.84 Å². The fourth-order valence-corrected chi connectivity index (χ4v) is 5.07. The molecule has 2 atom stereocenters. The SMILES string of the molecule is OC[C@@H]1C[C@H](c2ccc3ccc4cccc5ccc2c3c45)N(Cc2ccccc2O)O1. The van der Waals surface area contributed by atoms with Gasteiger partial charge in [-0.1, -0.05) is 72.8 Å². The van der Waals surface area contributed by atoms with E-state index in [-0.39, 0.29) is 24.5 Å². The van der Waals surface area contributed by atoms with Crippen LogP contribution in [0.3, 0.4) is 0 Å². The fourth-order valence-electron chi connectivity index (χ4n) is 5.07. The van der Waals surface area contributed by atoms with Gasteiger partial charge in [-0.15, -0.1) is 0 Å². The number of hydrogen-bond donors (Lipinski definition) is 2. The van der Waals surface area contributed by atoms with Crippen LogP contribution in [0.15, 0.2) is 78.9 Å². The zero-order valence-corrected chi connectivity index (χ0v) is 17.0. The van der Waals surface area contributed by atoms with E-state index in [0.29, 0.717) is 13.0 Å². The fraction of sp³-hybridized carbons (Fsp3) is 0.185. The summed E-state index contributed by atoms with van der Waals surface area (Å²) >= 11 is 0. The van der Waals surface area contributed by atoms with Crippen molar-refractivity contribution in [1.29, 1.82) is 0 Å². The van der Waals surface area contributed by atoms with Crippen LogP contribution < -0.4 is 0 Å². The molecule has 1 aliphatic rings. The summed E-state index contributed by atoms with van der Waals surface area (Å²) in [5, 5.41) is 29.5. The molecule has 31 heavy (non-hydrogen) atoms. The summed E-state index contributed by atoms with van der Waals surface area (Å²) in [5.41, 5.74) is 2.00. The number of nitrogens with zero attached hydrogens (tertiary/aromatic N) is 1. The molecule has 1 heterocycles. The van der Waals surface area contributed by atoms with Gasteiger partial charge in [0.25, 0.3) is 0 Å². The number of para-hydroxylation sites is 1. The van der Waals surface area contributed by atoms with Gasteiger partial charge in [-0.25, -0.2) is 0 Å². The first-order valence-electron chi connectivity index (χ1n) is 10.7. The summed E-state index contributed by atoms with van der Waals surface area (Å²) in [6.45, 7) is 0.426. The molecule has 0 radical (unpaired) electrons. The average molecular weight is 409 g/mol. The molecule has 0 unspecified atom stereocenters. The standard InChI is InChI=1S/C27H23NO3/c29-16-21-14-24(28(31-21)15-20-4-1-2-7-25(20)30)22-12-10-19-9-8-17-5-3-6-18-11-13-23(22)27(19)26(17)18/h1-13,21,24,29-30H,14-16H2/t21-,24+/m0/s1. The van der Waals surface area contributed by atoms with Crippen molar-refractivity contribution >= 4 is 32.3 Å². The second-order valence-electron chi connectivity index (χ2n) is 8.38. The minimum Gasteiger partial charge on any atom is -0.508 e. The van der Waals surface area contributed by atoms with Crippen LogP contribution in [0.5, 0.6) is 5.75 Å². The van der Waals surface area contributed by atoms with E-state index < -0.39 is 0 Å². The molecule has 0 spiro atoms. The highest BCUT2D eigenvalue weighted by atomic mass is 16.7. The third kappa shape index (κ3) is 2.95. The molecule has 0 aromatic heterocycles. The Balaban J connectivity index is 1.51. The van der Waals surface area contributed by atoms with Crippen molar-refractivity contribution in [2.45, 2.75) is 25.1 Å². The minimum atomic E-state index is -0.255. The van der Waals surface area contributed by atoms with Crippen LogP contribution in [0.25, 0.3) is 32.3 Å². The maximum atomic E-state index is 10.3. The summed E-state index contributed by atoms with van der Waals surface area (Å²) in [4.78, 5) is 6.10. The van der Waals surface area contributed by atoms with Crippen LogP contribution in [0.2, 0.25) is 0 Å². The first kappa shape index (κ1) is 18.6. The number of hydrogen-bond acceptors (Lipinski definition) is 4. The Morgan fingerprint density at radius 2 is 1.52 bits per heavy atom. The Hall–Kier alpha value is -3.18. The van der Waals surface area contributed by atoms with Gasteiger partial charge in [0, 0.05) is 5.56 Å². The summed E-state index contributed by atoms with van der Waals surface area (Å²) in [5.74, 6) is 0.257. The monoisotopic (exact) mass is 409 g/mol. The number of benzene rings is 5. The Morgan fingerprint density at radius 3 is 2.29 bits per heavy atom. The molecule has 0 saturated carbocycles. The molecule has 1 aliphatic heterocycles. The maximum Gasteiger partial charge on any atom is 0.120 e. The van der Waals surface area contributed by atoms with Crippen molar-refractivity contribution in [3.63, 3.8) is 0 Å². The molecule has 1 fully saturated rings. The summed E-state index contributed by atoms with van der Waals surface area (Å²) in [7, 11) is 0. The van der Waals surface area contributed by atoms with Crippen molar-refractivity contribution < 1.29 is 15.1 Å². The molecule has 0 aliphatic carbocycles. The molecule has 154 valence electrons. The van der Waals surface area contributed by atoms with Gasteiger partial charge in [0.15, 0.2) is 0 Å². The van der Waals surface area contributed by atoms with Crippen molar-refractivity contribution in [3.05, 3.63) is 90.0 Å². The van der Waals surface area contributed by atoms with E-state index in [0.717, 1.165) is 5.56 Å². The van der Waals surface area contributed by atoms with Crippen molar-refractivity contribution in [2.24, 2.45) is 0 Å². The van der Waals surface area contributed by atoms with Crippen LogP contribution in [0.4, 0.5) is 0 Å². The van der Waals surface area contributed by atoms with Gasteiger partial charge in [-0.2, -0.15) is 5.06 Å². The topological polar surface area (TPSA) is 52.9 Å². The predicted octanol–water partition coefficient (Wildman–Crippen LogP) is 5.53. The number of aliphatic hydroxyl groups excluding tert-OH is 1. The second-order valence-corrected chi connectivity index (χ2v) is 8.38. The van der Waals surface area contributed by atoms with Gasteiger partial charge in [0.05, 0.1) is 19.2 Å². The van der Waals surface area contributed by atoms with Crippen LogP contribution in [-0.2, 0) is 11.4 Å². The zero-order valence-electron chi connectivity index (χ0n) is 17.0. The number of rotatable bonds is 4. The van der Waals surface area contributed by atoms with Gasteiger partial charge in [-0.3, -0.25) is 4.84 Å². The third-order valence-electron chi connectivity index (χ3n) is 6.56. The van der Waals surface area contributed by atoms with E-state index in [1.54, 1.807) is 6.07 Å². The Bertz CT molecular complexity index is 1380. The average Bonchev–Trinajstić information content (AvgIpc) is 3.21. The molecule has 1 saturated heterocycles. The molecule has 2 N–H and O–H groups in total. The van der Waals surface area contributed by atoms with Crippen LogP contribution in [0, 0.1) is 0 Å². The van der Waals surface area contributed by atoms with Gasteiger partial charge in [0.2, 0.25) is 0 Å². The number of hydroxylamine groups is 2. The molecule has 0 amide bonds.